The van der Waals surface area contributed by atoms with Gasteiger partial charge in [-0.15, -0.1) is 0 Å². The van der Waals surface area contributed by atoms with Crippen LogP contribution < -0.4 is 19.9 Å². The summed E-state index contributed by atoms with van der Waals surface area (Å²) in [5.74, 6) is 2.42. The lowest BCUT2D eigenvalue weighted by Crippen LogP contribution is -2.12. The van der Waals surface area contributed by atoms with Gasteiger partial charge in [-0.1, -0.05) is 24.3 Å². The van der Waals surface area contributed by atoms with Crippen molar-refractivity contribution in [2.75, 3.05) is 7.11 Å². The largest absolute Gasteiger partial charge is 0.486 e. The number of rotatable bonds is 8. The Morgan fingerprint density at radius 2 is 1.94 bits per heavy atom. The number of hydrogen-bond acceptors (Lipinski definition) is 6. The van der Waals surface area contributed by atoms with E-state index in [4.69, 9.17) is 19.9 Å². The van der Waals surface area contributed by atoms with E-state index in [-0.39, 0.29) is 23.7 Å². The maximum Gasteiger partial charge on any atom is 0.218 e. The number of hydrogen-bond donors (Lipinski definition) is 2. The van der Waals surface area contributed by atoms with Crippen molar-refractivity contribution in [1.82, 2.24) is 4.98 Å². The summed E-state index contributed by atoms with van der Waals surface area (Å²) in [7, 11) is 1.58. The standard InChI is InChI=1S/C24H24N2O4S/c1-28-24-12-9-17(14-26-24)30-20-4-2-3-18-19(20)10-11-21(18)29-16-7-5-15(6-8-16)22(31)13-23(25)27/h2-9,12,14,21-22,31H,10-11,13H2,1H3,(H2,25,27)/t21-,22?/m1/s1. The van der Waals surface area contributed by atoms with Crippen LogP contribution in [0.1, 0.15) is 40.9 Å². The topological polar surface area (TPSA) is 83.7 Å². The van der Waals surface area contributed by atoms with E-state index in [2.05, 4.69) is 23.7 Å². The van der Waals surface area contributed by atoms with Crippen LogP contribution in [0.4, 0.5) is 0 Å². The van der Waals surface area contributed by atoms with Crippen molar-refractivity contribution in [1.29, 1.82) is 0 Å². The third-order valence-corrected chi connectivity index (χ3v) is 5.74. The van der Waals surface area contributed by atoms with Gasteiger partial charge in [0.15, 0.2) is 0 Å². The van der Waals surface area contributed by atoms with Crippen molar-refractivity contribution in [3.8, 4) is 23.1 Å². The molecular formula is C24H24N2O4S. The van der Waals surface area contributed by atoms with Crippen molar-refractivity contribution >= 4 is 18.5 Å². The van der Waals surface area contributed by atoms with E-state index in [0.717, 1.165) is 41.0 Å². The molecule has 1 unspecified atom stereocenters. The smallest absolute Gasteiger partial charge is 0.218 e. The number of amides is 1. The zero-order valence-electron chi connectivity index (χ0n) is 17.2. The Morgan fingerprint density at radius 3 is 2.61 bits per heavy atom. The summed E-state index contributed by atoms with van der Waals surface area (Å²) in [4.78, 5) is 15.3. The van der Waals surface area contributed by atoms with E-state index in [1.54, 1.807) is 19.4 Å². The number of carbonyl (C=O) groups is 1. The highest BCUT2D eigenvalue weighted by molar-refractivity contribution is 7.80. The van der Waals surface area contributed by atoms with Gasteiger partial charge < -0.3 is 19.9 Å². The minimum Gasteiger partial charge on any atom is -0.486 e. The molecule has 1 aromatic heterocycles. The van der Waals surface area contributed by atoms with Crippen molar-refractivity contribution in [2.45, 2.75) is 30.6 Å². The number of nitrogens with two attached hydrogens (primary N) is 1. The average molecular weight is 437 g/mol. The van der Waals surface area contributed by atoms with Crippen LogP contribution in [0.3, 0.4) is 0 Å². The first kappa shape index (κ1) is 21.1. The summed E-state index contributed by atoms with van der Waals surface area (Å²) in [6.07, 6.45) is 3.54. The lowest BCUT2D eigenvalue weighted by Gasteiger charge is -2.17. The number of pyridine rings is 1. The molecule has 31 heavy (non-hydrogen) atoms. The molecular weight excluding hydrogens is 412 g/mol. The minimum atomic E-state index is -0.369. The molecule has 0 saturated heterocycles. The van der Waals surface area contributed by atoms with E-state index in [0.29, 0.717) is 11.6 Å². The molecule has 0 radical (unpaired) electrons. The van der Waals surface area contributed by atoms with Gasteiger partial charge in [0.05, 0.1) is 13.3 Å². The predicted octanol–water partition coefficient (Wildman–Crippen LogP) is 4.80. The fraction of sp³-hybridized carbons (Fsp3) is 0.250. The number of primary amides is 1. The highest BCUT2D eigenvalue weighted by Gasteiger charge is 2.27. The Balaban J connectivity index is 1.46. The first-order valence-corrected chi connectivity index (χ1v) is 10.6. The van der Waals surface area contributed by atoms with Gasteiger partial charge in [-0.05, 0) is 48.2 Å². The fourth-order valence-corrected chi connectivity index (χ4v) is 4.07. The maximum absolute atomic E-state index is 11.1. The normalized spacial score (nSPS) is 15.7. The van der Waals surface area contributed by atoms with E-state index >= 15 is 0 Å². The third kappa shape index (κ3) is 4.94. The van der Waals surface area contributed by atoms with Gasteiger partial charge in [-0.25, -0.2) is 4.98 Å². The zero-order chi connectivity index (χ0) is 21.8. The fourth-order valence-electron chi connectivity index (χ4n) is 3.72. The van der Waals surface area contributed by atoms with Gasteiger partial charge in [-0.2, -0.15) is 12.6 Å². The highest BCUT2D eigenvalue weighted by Crippen LogP contribution is 2.41. The van der Waals surface area contributed by atoms with Crippen LogP contribution in [0.15, 0.2) is 60.8 Å². The number of methoxy groups -OCH3 is 1. The van der Waals surface area contributed by atoms with E-state index in [1.807, 2.05) is 42.5 Å². The second-order valence-electron chi connectivity index (χ2n) is 7.36. The number of benzene rings is 2. The number of carbonyl (C=O) groups excluding carboxylic acids is 1. The Hall–Kier alpha value is -3.19. The average Bonchev–Trinajstić information content (AvgIpc) is 3.18. The second-order valence-corrected chi connectivity index (χ2v) is 7.99. The van der Waals surface area contributed by atoms with Crippen molar-refractivity contribution in [3.05, 3.63) is 77.5 Å². The molecule has 2 N–H and O–H groups in total. The van der Waals surface area contributed by atoms with Crippen molar-refractivity contribution in [2.24, 2.45) is 5.73 Å². The molecule has 1 amide bonds. The molecule has 1 aliphatic carbocycles. The molecule has 0 aliphatic heterocycles. The third-order valence-electron chi connectivity index (χ3n) is 5.26. The molecule has 6 nitrogen and oxygen atoms in total. The summed E-state index contributed by atoms with van der Waals surface area (Å²) in [5.41, 5.74) is 8.47. The Morgan fingerprint density at radius 1 is 1.16 bits per heavy atom. The predicted molar refractivity (Wildman–Crippen MR) is 121 cm³/mol. The molecule has 1 heterocycles. The molecule has 0 saturated carbocycles. The van der Waals surface area contributed by atoms with Crippen molar-refractivity contribution < 1.29 is 19.0 Å². The number of thiol groups is 1. The van der Waals surface area contributed by atoms with Crippen LogP contribution in [0.5, 0.6) is 23.1 Å². The number of ether oxygens (including phenoxy) is 3. The number of aromatic nitrogens is 1. The van der Waals surface area contributed by atoms with Crippen LogP contribution in [0.2, 0.25) is 0 Å². The summed E-state index contributed by atoms with van der Waals surface area (Å²) in [6.45, 7) is 0. The van der Waals surface area contributed by atoms with Crippen LogP contribution in [0.25, 0.3) is 0 Å². The van der Waals surface area contributed by atoms with Gasteiger partial charge in [0, 0.05) is 23.3 Å². The van der Waals surface area contributed by atoms with E-state index in [9.17, 15) is 4.79 Å². The van der Waals surface area contributed by atoms with E-state index in [1.165, 1.54) is 0 Å². The van der Waals surface area contributed by atoms with Crippen LogP contribution >= 0.6 is 12.6 Å². The van der Waals surface area contributed by atoms with Crippen LogP contribution in [0, 0.1) is 0 Å². The monoisotopic (exact) mass is 436 g/mol. The van der Waals surface area contributed by atoms with E-state index < -0.39 is 0 Å². The molecule has 4 rings (SSSR count). The molecule has 0 bridgehead atoms. The Bertz CT molecular complexity index is 1050. The Kier molecular flexibility index (Phi) is 6.32. The molecule has 160 valence electrons. The van der Waals surface area contributed by atoms with Crippen LogP contribution in [-0.4, -0.2) is 18.0 Å². The van der Waals surface area contributed by atoms with Gasteiger partial charge in [0.25, 0.3) is 0 Å². The number of fused-ring (bicyclic) bond motifs is 1. The maximum atomic E-state index is 11.1. The van der Waals surface area contributed by atoms with Crippen molar-refractivity contribution in [3.63, 3.8) is 0 Å². The first-order valence-electron chi connectivity index (χ1n) is 10.1. The highest BCUT2D eigenvalue weighted by atomic mass is 32.1. The summed E-state index contributed by atoms with van der Waals surface area (Å²) in [5, 5.41) is -0.217. The van der Waals surface area contributed by atoms with Crippen LogP contribution in [-0.2, 0) is 11.2 Å². The molecule has 0 spiro atoms. The summed E-state index contributed by atoms with van der Waals surface area (Å²) < 4.78 is 17.4. The summed E-state index contributed by atoms with van der Waals surface area (Å²) >= 11 is 4.44. The SMILES string of the molecule is COc1ccc(Oc2cccc3c2CC[C@H]3Oc2ccc(C(S)CC(N)=O)cc2)cn1. The molecule has 3 aromatic rings. The second kappa shape index (κ2) is 9.31. The molecule has 1 aliphatic rings. The van der Waals surface area contributed by atoms with Gasteiger partial charge in [-0.3, -0.25) is 4.79 Å². The van der Waals surface area contributed by atoms with Gasteiger partial charge >= 0.3 is 0 Å². The zero-order valence-corrected chi connectivity index (χ0v) is 18.0. The lowest BCUT2D eigenvalue weighted by molar-refractivity contribution is -0.118. The molecule has 7 heteroatoms. The minimum absolute atomic E-state index is 0.0455. The first-order chi connectivity index (χ1) is 15.0. The molecule has 2 atom stereocenters. The molecule has 0 fully saturated rings. The number of nitrogens with zero attached hydrogens (tertiary/aromatic N) is 1. The quantitative estimate of drug-likeness (QED) is 0.496. The van der Waals surface area contributed by atoms with Gasteiger partial charge in [0.1, 0.15) is 23.4 Å². The van der Waals surface area contributed by atoms with Gasteiger partial charge in [0.2, 0.25) is 11.8 Å². The molecule has 2 aromatic carbocycles. The summed E-state index contributed by atoms with van der Waals surface area (Å²) in [6, 6.07) is 17.3. The Labute approximate surface area is 186 Å². The lowest BCUT2D eigenvalue weighted by atomic mass is 10.1.